The van der Waals surface area contributed by atoms with Crippen LogP contribution in [0.1, 0.15) is 0 Å². The number of rotatable bonds is 2. The van der Waals surface area contributed by atoms with E-state index in [0.717, 1.165) is 0 Å². The summed E-state index contributed by atoms with van der Waals surface area (Å²) in [5.41, 5.74) is 0.615. The van der Waals surface area contributed by atoms with Crippen molar-refractivity contribution in [2.45, 2.75) is 0 Å². The average molecular weight is 271 g/mol. The van der Waals surface area contributed by atoms with Gasteiger partial charge < -0.3 is 9.05 Å². The van der Waals surface area contributed by atoms with Crippen molar-refractivity contribution >= 4 is 5.65 Å². The van der Waals surface area contributed by atoms with E-state index in [-0.39, 0.29) is 5.56 Å². The number of aromatic nitrogens is 7. The van der Waals surface area contributed by atoms with Crippen molar-refractivity contribution < 1.29 is 9.05 Å². The van der Waals surface area contributed by atoms with E-state index in [1.165, 1.54) is 23.0 Å². The maximum absolute atomic E-state index is 11.8. The zero-order valence-electron chi connectivity index (χ0n) is 9.74. The molecule has 10 nitrogen and oxygen atoms in total. The van der Waals surface area contributed by atoms with Crippen LogP contribution in [-0.4, -0.2) is 34.9 Å². The van der Waals surface area contributed by atoms with Crippen LogP contribution in [-0.2, 0) is 0 Å². The molecule has 0 aromatic carbocycles. The Bertz CT molecular complexity index is 920. The molecule has 4 heterocycles. The lowest BCUT2D eigenvalue weighted by Crippen LogP contribution is -2.16. The van der Waals surface area contributed by atoms with Gasteiger partial charge in [0.2, 0.25) is 5.76 Å². The quantitative estimate of drug-likeness (QED) is 0.496. The third kappa shape index (κ3) is 1.44. The van der Waals surface area contributed by atoms with Crippen LogP contribution in [0.2, 0.25) is 0 Å². The highest BCUT2D eigenvalue weighted by atomic mass is 16.5. The van der Waals surface area contributed by atoms with E-state index in [2.05, 4.69) is 25.8 Å². The van der Waals surface area contributed by atoms with Gasteiger partial charge in [0.15, 0.2) is 0 Å². The van der Waals surface area contributed by atoms with Crippen molar-refractivity contribution in [3.8, 4) is 17.3 Å². The number of hydrogen-bond acceptors (Lipinski definition) is 8. The Labute approximate surface area is 109 Å². The molecule has 0 aliphatic rings. The summed E-state index contributed by atoms with van der Waals surface area (Å²) in [7, 11) is 0. The Morgan fingerprint density at radius 2 is 1.95 bits per heavy atom. The van der Waals surface area contributed by atoms with Crippen LogP contribution in [0.5, 0.6) is 0 Å². The summed E-state index contributed by atoms with van der Waals surface area (Å²) in [5.74, 6) is 0.715. The van der Waals surface area contributed by atoms with Crippen molar-refractivity contribution in [3.05, 3.63) is 41.1 Å². The summed E-state index contributed by atoms with van der Waals surface area (Å²) in [6.45, 7) is 0. The second-order valence-electron chi connectivity index (χ2n) is 3.86. The predicted octanol–water partition coefficient (Wildman–Crippen LogP) is -0.0818. The lowest BCUT2D eigenvalue weighted by Gasteiger charge is -2.01. The molecule has 0 spiro atoms. The highest BCUT2D eigenvalue weighted by Gasteiger charge is 2.14. The molecule has 10 heteroatoms. The minimum absolute atomic E-state index is 0.289. The number of nitrogens with zero attached hydrogens (tertiary/aromatic N) is 7. The molecule has 0 saturated heterocycles. The highest BCUT2D eigenvalue weighted by molar-refractivity contribution is 5.59. The van der Waals surface area contributed by atoms with Crippen molar-refractivity contribution in [1.82, 2.24) is 34.9 Å². The third-order valence-corrected chi connectivity index (χ3v) is 2.71. The minimum atomic E-state index is -0.289. The van der Waals surface area contributed by atoms with Crippen LogP contribution in [0.25, 0.3) is 23.0 Å². The molecule has 0 saturated carbocycles. The van der Waals surface area contributed by atoms with Gasteiger partial charge in [0, 0.05) is 28.9 Å². The van der Waals surface area contributed by atoms with Gasteiger partial charge in [-0.05, 0) is 0 Å². The number of fused-ring (bicyclic) bond motifs is 1. The van der Waals surface area contributed by atoms with Crippen LogP contribution in [0.3, 0.4) is 0 Å². The van der Waals surface area contributed by atoms with Gasteiger partial charge in [0.05, 0.1) is 0 Å². The molecule has 4 aromatic rings. The van der Waals surface area contributed by atoms with E-state index in [9.17, 15) is 4.79 Å². The highest BCUT2D eigenvalue weighted by Crippen LogP contribution is 2.18. The monoisotopic (exact) mass is 271 g/mol. The van der Waals surface area contributed by atoms with E-state index < -0.39 is 0 Å². The lowest BCUT2D eigenvalue weighted by atomic mass is 10.3. The smallest absolute Gasteiger partial charge is 0.274 e. The maximum Gasteiger partial charge on any atom is 0.274 e. The minimum Gasteiger partial charge on any atom is -0.335 e. The Balaban J connectivity index is 2.03. The van der Waals surface area contributed by atoms with E-state index in [1.54, 1.807) is 16.8 Å². The molecule has 0 atom stereocenters. The van der Waals surface area contributed by atoms with E-state index in [4.69, 9.17) is 9.05 Å². The molecule has 0 amide bonds. The summed E-state index contributed by atoms with van der Waals surface area (Å²) in [5, 5.41) is 18.1. The van der Waals surface area contributed by atoms with E-state index in [1.807, 2.05) is 0 Å². The predicted molar refractivity (Wildman–Crippen MR) is 61.9 cm³/mol. The zero-order valence-corrected chi connectivity index (χ0v) is 9.74. The van der Waals surface area contributed by atoms with Crippen molar-refractivity contribution in [2.24, 2.45) is 0 Å². The van der Waals surface area contributed by atoms with Gasteiger partial charge in [-0.25, -0.2) is 0 Å². The molecule has 98 valence electrons. The first-order valence-corrected chi connectivity index (χ1v) is 5.50. The fraction of sp³-hybridized carbons (Fsp3) is 0. The third-order valence-electron chi connectivity index (χ3n) is 2.71. The Kier molecular flexibility index (Phi) is 2.04. The van der Waals surface area contributed by atoms with Gasteiger partial charge in [0.25, 0.3) is 11.4 Å². The molecule has 0 fully saturated rings. The van der Waals surface area contributed by atoms with Crippen molar-refractivity contribution in [1.29, 1.82) is 0 Å². The average Bonchev–Trinajstić information content (AvgIpc) is 3.20. The molecule has 0 aliphatic heterocycles. The van der Waals surface area contributed by atoms with Gasteiger partial charge in [-0.15, -0.1) is 10.2 Å². The molecule has 4 aromatic heterocycles. The molecule has 0 bridgehead atoms. The zero-order chi connectivity index (χ0) is 13.5. The second-order valence-corrected chi connectivity index (χ2v) is 3.86. The summed E-state index contributed by atoms with van der Waals surface area (Å²) in [4.78, 5) is 11.8. The Morgan fingerprint density at radius 1 is 1.10 bits per heavy atom. The van der Waals surface area contributed by atoms with Crippen LogP contribution in [0.4, 0.5) is 0 Å². The topological polar surface area (TPSA) is 117 Å². The lowest BCUT2D eigenvalue weighted by molar-refractivity contribution is 0.382. The standard InChI is InChI=1S/C10H5N7O3/c18-9-1-2-16(10-5-12-15-20-10)8-3-6(13-17(8)9)7-4-11-14-19-7/h1-5H. The first kappa shape index (κ1) is 10.6. The second kappa shape index (κ2) is 3.85. The van der Waals surface area contributed by atoms with E-state index >= 15 is 0 Å². The van der Waals surface area contributed by atoms with Gasteiger partial charge >= 0.3 is 0 Å². The summed E-state index contributed by atoms with van der Waals surface area (Å²) < 4.78 is 12.7. The first-order chi connectivity index (χ1) is 9.83. The van der Waals surface area contributed by atoms with E-state index in [0.29, 0.717) is 23.0 Å². The Hall–Kier alpha value is -3.30. The van der Waals surface area contributed by atoms with Gasteiger partial charge in [-0.1, -0.05) is 0 Å². The summed E-state index contributed by atoms with van der Waals surface area (Å²) >= 11 is 0. The normalized spacial score (nSPS) is 11.2. The van der Waals surface area contributed by atoms with Crippen molar-refractivity contribution in [3.63, 3.8) is 0 Å². The van der Waals surface area contributed by atoms with Crippen LogP contribution in [0.15, 0.2) is 44.6 Å². The van der Waals surface area contributed by atoms with Gasteiger partial charge in [0.1, 0.15) is 23.7 Å². The molecular formula is C10H5N7O3. The molecule has 4 rings (SSSR count). The maximum atomic E-state index is 11.8. The molecule has 0 aliphatic carbocycles. The molecular weight excluding hydrogens is 266 g/mol. The Morgan fingerprint density at radius 3 is 2.70 bits per heavy atom. The fourth-order valence-corrected chi connectivity index (χ4v) is 1.85. The largest absolute Gasteiger partial charge is 0.335 e. The van der Waals surface area contributed by atoms with Crippen LogP contribution in [0, 0.1) is 0 Å². The SMILES string of the molecule is O=c1ccn(-c2cnno2)c2cc(-c3cnno3)nn12. The molecule has 0 radical (unpaired) electrons. The number of hydrogen-bond donors (Lipinski definition) is 0. The van der Waals surface area contributed by atoms with Crippen LogP contribution < -0.4 is 5.56 Å². The van der Waals surface area contributed by atoms with Gasteiger partial charge in [-0.2, -0.15) is 9.61 Å². The first-order valence-electron chi connectivity index (χ1n) is 5.50. The summed E-state index contributed by atoms with van der Waals surface area (Å²) in [6.07, 6.45) is 4.38. The van der Waals surface area contributed by atoms with Crippen molar-refractivity contribution in [2.75, 3.05) is 0 Å². The molecule has 0 unspecified atom stereocenters. The molecule has 0 N–H and O–H groups in total. The summed E-state index contributed by atoms with van der Waals surface area (Å²) in [6, 6.07) is 3.00. The van der Waals surface area contributed by atoms with Gasteiger partial charge in [-0.3, -0.25) is 9.36 Å². The van der Waals surface area contributed by atoms with Crippen LogP contribution >= 0.6 is 0 Å². The fourth-order valence-electron chi connectivity index (χ4n) is 1.85. The molecule has 20 heavy (non-hydrogen) atoms.